The Labute approximate surface area is 173 Å². The second-order valence-electron chi connectivity index (χ2n) is 7.45. The minimum absolute atomic E-state index is 0. The summed E-state index contributed by atoms with van der Waals surface area (Å²) in [5.74, 6) is 0.933. The third-order valence-electron chi connectivity index (χ3n) is 5.21. The highest BCUT2D eigenvalue weighted by atomic mass is 127. The predicted octanol–water partition coefficient (Wildman–Crippen LogP) is 3.16. The summed E-state index contributed by atoms with van der Waals surface area (Å²) < 4.78 is 0. The van der Waals surface area contributed by atoms with Crippen LogP contribution in [0.5, 0.6) is 0 Å². The largest absolute Gasteiger partial charge is 0.356 e. The molecule has 0 aromatic rings. The van der Waals surface area contributed by atoms with Crippen LogP contribution in [0.25, 0.3) is 0 Å². The number of unbranched alkanes of at least 4 members (excludes halogenated alkanes) is 1. The summed E-state index contributed by atoms with van der Waals surface area (Å²) >= 11 is 0. The molecule has 0 atom stereocenters. The summed E-state index contributed by atoms with van der Waals surface area (Å²) in [6.45, 7) is 17.0. The lowest BCUT2D eigenvalue weighted by Crippen LogP contribution is -2.54. The molecule has 5 nitrogen and oxygen atoms in total. The maximum absolute atomic E-state index is 4.37. The number of likely N-dealkylation sites (tertiary alicyclic amines) is 1. The first-order valence-electron chi connectivity index (χ1n) is 9.95. The van der Waals surface area contributed by atoms with Crippen LogP contribution in [0.3, 0.4) is 0 Å². The van der Waals surface area contributed by atoms with Gasteiger partial charge in [0.25, 0.3) is 0 Å². The second-order valence-corrected chi connectivity index (χ2v) is 7.45. The molecule has 0 aliphatic carbocycles. The maximum Gasteiger partial charge on any atom is 0.191 e. The van der Waals surface area contributed by atoms with Crippen molar-refractivity contribution < 1.29 is 0 Å². The Morgan fingerprint density at radius 3 is 2.24 bits per heavy atom. The second kappa shape index (κ2) is 14.0. The first kappa shape index (κ1) is 24.9. The highest BCUT2D eigenvalue weighted by molar-refractivity contribution is 14.0. The molecule has 25 heavy (non-hydrogen) atoms. The van der Waals surface area contributed by atoms with Gasteiger partial charge in [0.1, 0.15) is 0 Å². The molecular weight excluding hydrogens is 425 g/mol. The summed E-state index contributed by atoms with van der Waals surface area (Å²) in [6.07, 6.45) is 6.49. The Balaban J connectivity index is 0.00000576. The van der Waals surface area contributed by atoms with Gasteiger partial charge in [-0.15, -0.1) is 24.0 Å². The quantitative estimate of drug-likeness (QED) is 0.224. The van der Waals surface area contributed by atoms with Crippen LogP contribution in [-0.2, 0) is 0 Å². The van der Waals surface area contributed by atoms with E-state index in [1.54, 1.807) is 0 Å². The molecule has 0 bridgehead atoms. The van der Waals surface area contributed by atoms with Crippen molar-refractivity contribution in [2.24, 2.45) is 4.99 Å². The zero-order valence-corrected chi connectivity index (χ0v) is 19.6. The minimum atomic E-state index is 0. The zero-order valence-electron chi connectivity index (χ0n) is 17.2. The Bertz CT molecular complexity index is 350. The number of hydrogen-bond donors (Lipinski definition) is 2. The topological polar surface area (TPSA) is 42.9 Å². The van der Waals surface area contributed by atoms with Gasteiger partial charge in [-0.2, -0.15) is 0 Å². The van der Waals surface area contributed by atoms with Crippen molar-refractivity contribution in [1.29, 1.82) is 0 Å². The molecule has 0 aromatic heterocycles. The van der Waals surface area contributed by atoms with Crippen LogP contribution in [0.2, 0.25) is 0 Å². The Hall–Kier alpha value is -0.0800. The summed E-state index contributed by atoms with van der Waals surface area (Å²) in [5.41, 5.74) is 0.181. The fourth-order valence-electron chi connectivity index (χ4n) is 3.34. The molecule has 0 unspecified atom stereocenters. The number of piperidine rings is 1. The third kappa shape index (κ3) is 9.99. The lowest BCUT2D eigenvalue weighted by atomic mass is 9.98. The minimum Gasteiger partial charge on any atom is -0.356 e. The van der Waals surface area contributed by atoms with Gasteiger partial charge in [0.05, 0.1) is 0 Å². The van der Waals surface area contributed by atoms with E-state index < -0.39 is 0 Å². The van der Waals surface area contributed by atoms with E-state index in [0.717, 1.165) is 32.1 Å². The normalized spacial score (nSPS) is 16.6. The molecule has 0 spiro atoms. The predicted molar refractivity (Wildman–Crippen MR) is 121 cm³/mol. The Kier molecular flexibility index (Phi) is 14.0. The van der Waals surface area contributed by atoms with Gasteiger partial charge in [0, 0.05) is 25.7 Å². The molecule has 6 heteroatoms. The zero-order chi connectivity index (χ0) is 17.8. The van der Waals surface area contributed by atoms with Crippen LogP contribution < -0.4 is 10.6 Å². The number of nitrogens with zero attached hydrogens (tertiary/aromatic N) is 3. The van der Waals surface area contributed by atoms with E-state index in [0.29, 0.717) is 0 Å². The van der Waals surface area contributed by atoms with Crippen molar-refractivity contribution in [3.05, 3.63) is 0 Å². The molecule has 0 amide bonds. The molecule has 1 saturated heterocycles. The van der Waals surface area contributed by atoms with E-state index in [-0.39, 0.29) is 29.5 Å². The standard InChI is InChI=1S/C19H41N5.HI/c1-6-23(7-2)14-12-9-13-21-18(20-5)22-17-19(3,4)24-15-10-8-11-16-24;/h6-17H2,1-5H3,(H2,20,21,22);1H. The SMILES string of the molecule is CCN(CC)CCCCNC(=NC)NCC(C)(C)N1CCCCC1.I. The monoisotopic (exact) mass is 467 g/mol. The molecule has 1 aliphatic heterocycles. The average Bonchev–Trinajstić information content (AvgIpc) is 2.61. The van der Waals surface area contributed by atoms with E-state index in [1.807, 2.05) is 7.05 Å². The van der Waals surface area contributed by atoms with Gasteiger partial charge in [0.2, 0.25) is 0 Å². The van der Waals surface area contributed by atoms with Gasteiger partial charge in [0.15, 0.2) is 5.96 Å². The summed E-state index contributed by atoms with van der Waals surface area (Å²) in [4.78, 5) is 9.46. The fraction of sp³-hybridized carbons (Fsp3) is 0.947. The molecular formula is C19H42IN5. The van der Waals surface area contributed by atoms with E-state index in [4.69, 9.17) is 0 Å². The Morgan fingerprint density at radius 2 is 1.68 bits per heavy atom. The molecule has 1 rings (SSSR count). The molecule has 1 fully saturated rings. The van der Waals surface area contributed by atoms with Gasteiger partial charge in [-0.05, 0) is 72.3 Å². The van der Waals surface area contributed by atoms with E-state index >= 15 is 0 Å². The van der Waals surface area contributed by atoms with Crippen molar-refractivity contribution in [3.8, 4) is 0 Å². The number of rotatable bonds is 10. The van der Waals surface area contributed by atoms with Crippen LogP contribution in [0.1, 0.15) is 59.8 Å². The van der Waals surface area contributed by atoms with Crippen molar-refractivity contribution in [2.75, 3.05) is 52.9 Å². The van der Waals surface area contributed by atoms with E-state index in [2.05, 4.69) is 53.1 Å². The number of aliphatic imine (C=N–C) groups is 1. The van der Waals surface area contributed by atoms with Gasteiger partial charge < -0.3 is 15.5 Å². The number of halogens is 1. The first-order chi connectivity index (χ1) is 11.5. The first-order valence-corrected chi connectivity index (χ1v) is 9.95. The van der Waals surface area contributed by atoms with Crippen molar-refractivity contribution in [3.63, 3.8) is 0 Å². The number of nitrogens with one attached hydrogen (secondary N) is 2. The highest BCUT2D eigenvalue weighted by Gasteiger charge is 2.27. The number of guanidine groups is 1. The molecule has 2 N–H and O–H groups in total. The van der Waals surface area contributed by atoms with Gasteiger partial charge in [-0.1, -0.05) is 20.3 Å². The highest BCUT2D eigenvalue weighted by Crippen LogP contribution is 2.19. The lowest BCUT2D eigenvalue weighted by molar-refractivity contribution is 0.0982. The molecule has 1 aliphatic rings. The average molecular weight is 467 g/mol. The third-order valence-corrected chi connectivity index (χ3v) is 5.21. The van der Waals surface area contributed by atoms with Crippen LogP contribution in [0, 0.1) is 0 Å². The van der Waals surface area contributed by atoms with Crippen LogP contribution in [0.15, 0.2) is 4.99 Å². The van der Waals surface area contributed by atoms with E-state index in [1.165, 1.54) is 51.7 Å². The van der Waals surface area contributed by atoms with Crippen LogP contribution in [-0.4, -0.2) is 74.2 Å². The molecule has 0 saturated carbocycles. The lowest BCUT2D eigenvalue weighted by Gasteiger charge is -2.41. The maximum atomic E-state index is 4.37. The van der Waals surface area contributed by atoms with Crippen LogP contribution in [0.4, 0.5) is 0 Å². The summed E-state index contributed by atoms with van der Waals surface area (Å²) in [6, 6.07) is 0. The molecule has 0 aromatic carbocycles. The molecule has 0 radical (unpaired) electrons. The van der Waals surface area contributed by atoms with Crippen molar-refractivity contribution in [2.45, 2.75) is 65.3 Å². The van der Waals surface area contributed by atoms with Crippen LogP contribution >= 0.6 is 24.0 Å². The Morgan fingerprint density at radius 1 is 1.04 bits per heavy atom. The van der Waals surface area contributed by atoms with Crippen molar-refractivity contribution >= 4 is 29.9 Å². The molecule has 1 heterocycles. The summed E-state index contributed by atoms with van der Waals surface area (Å²) in [7, 11) is 1.86. The van der Waals surface area contributed by atoms with Gasteiger partial charge in [-0.3, -0.25) is 9.89 Å². The van der Waals surface area contributed by atoms with E-state index in [9.17, 15) is 0 Å². The smallest absolute Gasteiger partial charge is 0.191 e. The summed E-state index contributed by atoms with van der Waals surface area (Å²) in [5, 5.41) is 6.97. The van der Waals surface area contributed by atoms with Crippen molar-refractivity contribution in [1.82, 2.24) is 20.4 Å². The fourth-order valence-corrected chi connectivity index (χ4v) is 3.34. The van der Waals surface area contributed by atoms with Gasteiger partial charge >= 0.3 is 0 Å². The molecule has 150 valence electrons. The number of hydrogen-bond acceptors (Lipinski definition) is 3. The van der Waals surface area contributed by atoms with Gasteiger partial charge in [-0.25, -0.2) is 0 Å².